The van der Waals surface area contributed by atoms with Crippen LogP contribution in [0.5, 0.6) is 5.75 Å². The molecule has 12 nitrogen and oxygen atoms in total. The molecule has 2 aromatic heterocycles. The molecule has 4 heterocycles. The smallest absolute Gasteiger partial charge is 0.410 e. The molecule has 2 aliphatic heterocycles. The lowest BCUT2D eigenvalue weighted by Gasteiger charge is -2.29. The summed E-state index contributed by atoms with van der Waals surface area (Å²) in [5, 5.41) is 6.49. The fourth-order valence-electron chi connectivity index (χ4n) is 6.92. The Balaban J connectivity index is 1.23. The van der Waals surface area contributed by atoms with Crippen molar-refractivity contribution in [2.45, 2.75) is 71.2 Å². The van der Waals surface area contributed by atoms with Crippen LogP contribution in [0, 0.1) is 0 Å². The molecule has 0 radical (unpaired) electrons. The zero-order valence-electron chi connectivity index (χ0n) is 31.7. The van der Waals surface area contributed by atoms with Crippen LogP contribution in [0.3, 0.4) is 0 Å². The van der Waals surface area contributed by atoms with E-state index in [2.05, 4.69) is 25.5 Å². The molecular weight excluding hydrogens is 748 g/mol. The molecule has 0 spiro atoms. The molecule has 1 fully saturated rings. The molecular formula is C40H46Cl2FN7O5. The van der Waals surface area contributed by atoms with Crippen LogP contribution in [-0.2, 0) is 36.1 Å². The summed E-state index contributed by atoms with van der Waals surface area (Å²) in [5.74, 6) is 0.331. The molecule has 0 bridgehead atoms. The van der Waals surface area contributed by atoms with E-state index in [9.17, 15) is 18.8 Å². The molecule has 0 saturated carbocycles. The number of ether oxygens (including phenoxy) is 2. The number of hydrogen-bond acceptors (Lipinski definition) is 8. The maximum Gasteiger partial charge on any atom is 0.410 e. The first-order valence-electron chi connectivity index (χ1n) is 18.3. The highest BCUT2D eigenvalue weighted by molar-refractivity contribution is 6.39. The Morgan fingerprint density at radius 3 is 2.60 bits per heavy atom. The summed E-state index contributed by atoms with van der Waals surface area (Å²) in [6.45, 7) is 7.54. The summed E-state index contributed by atoms with van der Waals surface area (Å²) < 4.78 is 26.1. The molecule has 55 heavy (non-hydrogen) atoms. The summed E-state index contributed by atoms with van der Waals surface area (Å²) in [6.07, 6.45) is 3.33. The van der Waals surface area contributed by atoms with E-state index in [1.54, 1.807) is 61.7 Å². The summed E-state index contributed by atoms with van der Waals surface area (Å²) in [7, 11) is 3.36. The van der Waals surface area contributed by atoms with Crippen molar-refractivity contribution in [3.8, 4) is 28.1 Å². The maximum atomic E-state index is 13.6. The fraction of sp³-hybridized carbons (Fsp3) is 0.425. The molecule has 1 saturated heterocycles. The predicted octanol–water partition coefficient (Wildman–Crippen LogP) is 7.45. The van der Waals surface area contributed by atoms with Gasteiger partial charge in [0.05, 0.1) is 53.1 Å². The van der Waals surface area contributed by atoms with Gasteiger partial charge in [0.25, 0.3) is 5.91 Å². The number of methoxy groups -OCH3 is 1. The number of carbonyl (C=O) groups is 3. The van der Waals surface area contributed by atoms with Gasteiger partial charge in [-0.25, -0.2) is 9.78 Å². The van der Waals surface area contributed by atoms with Gasteiger partial charge in [0, 0.05) is 80.6 Å². The van der Waals surface area contributed by atoms with E-state index in [1.165, 1.54) is 0 Å². The molecule has 15 heteroatoms. The number of carbonyl (C=O) groups excluding carboxylic acids is 3. The van der Waals surface area contributed by atoms with Gasteiger partial charge >= 0.3 is 6.09 Å². The van der Waals surface area contributed by atoms with Crippen molar-refractivity contribution in [2.24, 2.45) is 7.05 Å². The zero-order chi connectivity index (χ0) is 39.4. The average molecular weight is 795 g/mol. The molecule has 1 atom stereocenters. The SMILES string of the molecule is COc1cc(-c2nccc(-c3cccc(NC(=O)c4nc5c(n4C)CN(CCCF)CC5)c3Cl)c2Cl)ccc1CN(C[C@@H]1CCC(=O)N1)C(=O)OC(C)(C)C. The fourth-order valence-corrected chi connectivity index (χ4v) is 7.52. The number of alkyl halides is 1. The van der Waals surface area contributed by atoms with Gasteiger partial charge in [-0.3, -0.25) is 23.9 Å². The number of aromatic nitrogens is 3. The lowest BCUT2D eigenvalue weighted by molar-refractivity contribution is -0.119. The van der Waals surface area contributed by atoms with Crippen molar-refractivity contribution >= 4 is 46.8 Å². The lowest BCUT2D eigenvalue weighted by Crippen LogP contribution is -2.43. The van der Waals surface area contributed by atoms with E-state index in [-0.39, 0.29) is 37.5 Å². The minimum absolute atomic E-state index is 0.0385. The quantitative estimate of drug-likeness (QED) is 0.151. The highest BCUT2D eigenvalue weighted by atomic mass is 35.5. The molecule has 3 amide bonds. The highest BCUT2D eigenvalue weighted by Crippen LogP contribution is 2.41. The first kappa shape index (κ1) is 40.0. The Kier molecular flexibility index (Phi) is 12.3. The molecule has 6 rings (SSSR count). The van der Waals surface area contributed by atoms with Gasteiger partial charge in [0.15, 0.2) is 5.82 Å². The first-order chi connectivity index (χ1) is 26.3. The molecule has 0 aliphatic carbocycles. The number of hydrogen-bond donors (Lipinski definition) is 2. The number of amides is 3. The topological polar surface area (TPSA) is 131 Å². The molecule has 2 aliphatic rings. The van der Waals surface area contributed by atoms with Crippen molar-refractivity contribution < 1.29 is 28.2 Å². The Morgan fingerprint density at radius 1 is 1.11 bits per heavy atom. The van der Waals surface area contributed by atoms with E-state index in [0.29, 0.717) is 82.6 Å². The number of fused-ring (bicyclic) bond motifs is 1. The largest absolute Gasteiger partial charge is 0.496 e. The van der Waals surface area contributed by atoms with E-state index >= 15 is 0 Å². The number of anilines is 1. The van der Waals surface area contributed by atoms with Crippen LogP contribution < -0.4 is 15.4 Å². The summed E-state index contributed by atoms with van der Waals surface area (Å²) in [4.78, 5) is 51.7. The van der Waals surface area contributed by atoms with Gasteiger partial charge in [-0.1, -0.05) is 47.5 Å². The molecule has 4 aromatic rings. The second-order valence-electron chi connectivity index (χ2n) is 14.8. The zero-order valence-corrected chi connectivity index (χ0v) is 33.2. The van der Waals surface area contributed by atoms with E-state index in [4.69, 9.17) is 32.7 Å². The minimum Gasteiger partial charge on any atom is -0.496 e. The number of halogens is 3. The Bertz CT molecular complexity index is 2090. The average Bonchev–Trinajstić information content (AvgIpc) is 3.72. The van der Waals surface area contributed by atoms with Gasteiger partial charge in [-0.05, 0) is 51.8 Å². The Labute approximate surface area is 330 Å². The lowest BCUT2D eigenvalue weighted by atomic mass is 10.0. The van der Waals surface area contributed by atoms with Gasteiger partial charge in [0.2, 0.25) is 5.91 Å². The van der Waals surface area contributed by atoms with Crippen LogP contribution in [0.2, 0.25) is 10.0 Å². The minimum atomic E-state index is -0.705. The van der Waals surface area contributed by atoms with Crippen LogP contribution in [0.4, 0.5) is 14.9 Å². The normalized spacial score (nSPS) is 15.7. The van der Waals surface area contributed by atoms with Crippen molar-refractivity contribution in [1.29, 1.82) is 0 Å². The molecule has 292 valence electrons. The Hall–Kier alpha value is -4.72. The van der Waals surface area contributed by atoms with Gasteiger partial charge < -0.3 is 29.6 Å². The van der Waals surface area contributed by atoms with Crippen molar-refractivity contribution in [3.05, 3.63) is 81.5 Å². The van der Waals surface area contributed by atoms with Crippen molar-refractivity contribution in [3.63, 3.8) is 0 Å². The third kappa shape index (κ3) is 9.22. The summed E-state index contributed by atoms with van der Waals surface area (Å²) >= 11 is 14.0. The number of nitrogens with one attached hydrogen (secondary N) is 2. The van der Waals surface area contributed by atoms with E-state index < -0.39 is 17.6 Å². The standard InChI is InChI=1S/C40H46Cl2FN7O5/c1-40(2,3)55-39(53)50(22-26-12-13-33(51)45-26)21-25-11-10-24(20-32(25)54-5)36-35(42)28(14-17-44-36)27-8-6-9-30(34(27)41)47-38(52)37-46-29-15-19-49(18-7-16-43)23-31(29)48(37)4/h6,8-11,14,17,20,26H,7,12-13,15-16,18-19,21-23H2,1-5H3,(H,45,51)(H,47,52)/t26-/m0/s1. The third-order valence-electron chi connectivity index (χ3n) is 9.67. The molecule has 2 aromatic carbocycles. The second-order valence-corrected chi connectivity index (χ2v) is 15.5. The number of benzene rings is 2. The van der Waals surface area contributed by atoms with Crippen molar-refractivity contribution in [2.75, 3.05) is 38.7 Å². The Morgan fingerprint density at radius 2 is 1.89 bits per heavy atom. The summed E-state index contributed by atoms with van der Waals surface area (Å²) in [6, 6.07) is 12.4. The maximum absolute atomic E-state index is 13.6. The van der Waals surface area contributed by atoms with Crippen LogP contribution in [0.25, 0.3) is 22.4 Å². The van der Waals surface area contributed by atoms with Gasteiger partial charge in [-0.15, -0.1) is 0 Å². The third-order valence-corrected chi connectivity index (χ3v) is 10.5. The molecule has 2 N–H and O–H groups in total. The molecule has 0 unspecified atom stereocenters. The number of imidazole rings is 1. The first-order valence-corrected chi connectivity index (χ1v) is 19.0. The summed E-state index contributed by atoms with van der Waals surface area (Å²) in [5.41, 5.74) is 4.55. The van der Waals surface area contributed by atoms with Gasteiger partial charge in [0.1, 0.15) is 11.4 Å². The second kappa shape index (κ2) is 17.0. The van der Waals surface area contributed by atoms with Crippen LogP contribution >= 0.6 is 23.2 Å². The van der Waals surface area contributed by atoms with Crippen LogP contribution in [0.1, 0.15) is 67.6 Å². The van der Waals surface area contributed by atoms with Crippen LogP contribution in [-0.4, -0.2) is 87.3 Å². The highest BCUT2D eigenvalue weighted by Gasteiger charge is 2.30. The monoisotopic (exact) mass is 793 g/mol. The van der Waals surface area contributed by atoms with E-state index in [0.717, 1.165) is 23.5 Å². The van der Waals surface area contributed by atoms with Crippen molar-refractivity contribution in [1.82, 2.24) is 29.7 Å². The van der Waals surface area contributed by atoms with Gasteiger partial charge in [-0.2, -0.15) is 0 Å². The number of rotatable bonds is 12. The van der Waals surface area contributed by atoms with E-state index in [1.807, 2.05) is 31.3 Å². The number of pyridine rings is 1. The predicted molar refractivity (Wildman–Crippen MR) is 210 cm³/mol. The van der Waals surface area contributed by atoms with Crippen LogP contribution in [0.15, 0.2) is 48.7 Å². The number of nitrogens with zero attached hydrogens (tertiary/aromatic N) is 5.